The van der Waals surface area contributed by atoms with Crippen molar-refractivity contribution in [3.05, 3.63) is 53.1 Å². The largest absolute Gasteiger partial charge is 0.497 e. The minimum absolute atomic E-state index is 0.237. The Morgan fingerprint density at radius 1 is 1.12 bits per heavy atom. The first-order valence-electron chi connectivity index (χ1n) is 8.02. The Bertz CT molecular complexity index is 776. The number of ether oxygens (including phenoxy) is 3. The lowest BCUT2D eigenvalue weighted by molar-refractivity contribution is -0.122. The van der Waals surface area contributed by atoms with E-state index in [1.165, 1.54) is 12.1 Å². The third-order valence-corrected chi connectivity index (χ3v) is 3.79. The van der Waals surface area contributed by atoms with Gasteiger partial charge in [0.05, 0.1) is 30.0 Å². The van der Waals surface area contributed by atoms with Crippen LogP contribution in [0, 0.1) is 0 Å². The lowest BCUT2D eigenvalue weighted by atomic mass is 10.2. The van der Waals surface area contributed by atoms with Crippen LogP contribution in [-0.2, 0) is 9.53 Å². The molecule has 0 bridgehead atoms. The molecule has 0 fully saturated rings. The summed E-state index contributed by atoms with van der Waals surface area (Å²) in [6.45, 7) is 3.62. The van der Waals surface area contributed by atoms with Gasteiger partial charge in [0.15, 0.2) is 6.10 Å². The Hall–Kier alpha value is -2.73. The van der Waals surface area contributed by atoms with E-state index < -0.39 is 12.1 Å². The van der Waals surface area contributed by atoms with Crippen LogP contribution < -0.4 is 14.8 Å². The van der Waals surface area contributed by atoms with E-state index in [1.54, 1.807) is 51.3 Å². The second-order valence-corrected chi connectivity index (χ2v) is 5.75. The summed E-state index contributed by atoms with van der Waals surface area (Å²) in [6, 6.07) is 11.4. The average molecular weight is 378 g/mol. The molecule has 2 rings (SSSR count). The number of carbonyl (C=O) groups excluding carboxylic acids is 2. The van der Waals surface area contributed by atoms with Gasteiger partial charge in [-0.15, -0.1) is 0 Å². The number of nitrogens with one attached hydrogen (secondary N) is 1. The van der Waals surface area contributed by atoms with Crippen LogP contribution in [0.15, 0.2) is 42.5 Å². The zero-order valence-electron chi connectivity index (χ0n) is 14.7. The summed E-state index contributed by atoms with van der Waals surface area (Å²) >= 11 is 6.14. The molecule has 26 heavy (non-hydrogen) atoms. The molecule has 0 aliphatic carbocycles. The molecule has 0 aliphatic heterocycles. The van der Waals surface area contributed by atoms with Gasteiger partial charge in [-0.1, -0.05) is 11.6 Å². The van der Waals surface area contributed by atoms with Crippen LogP contribution in [0.5, 0.6) is 11.5 Å². The summed E-state index contributed by atoms with van der Waals surface area (Å²) in [7, 11) is 1.57. The maximum absolute atomic E-state index is 12.3. The van der Waals surface area contributed by atoms with Gasteiger partial charge in [-0.2, -0.15) is 0 Å². The SMILES string of the molecule is CCOC(=O)c1ccc(NC(=O)C(C)Oc2ccc(OC)cc2)c(Cl)c1. The third kappa shape index (κ3) is 5.13. The van der Waals surface area contributed by atoms with Crippen LogP contribution in [0.2, 0.25) is 5.02 Å². The first-order chi connectivity index (χ1) is 12.4. The molecule has 1 atom stereocenters. The predicted octanol–water partition coefficient (Wildman–Crippen LogP) is 3.93. The van der Waals surface area contributed by atoms with Crippen LogP contribution in [0.25, 0.3) is 0 Å². The molecule has 138 valence electrons. The van der Waals surface area contributed by atoms with Crippen molar-refractivity contribution in [2.24, 2.45) is 0 Å². The lowest BCUT2D eigenvalue weighted by Gasteiger charge is -2.16. The normalized spacial score (nSPS) is 11.4. The van der Waals surface area contributed by atoms with Crippen molar-refractivity contribution >= 4 is 29.2 Å². The van der Waals surface area contributed by atoms with Crippen LogP contribution in [0.3, 0.4) is 0 Å². The molecule has 1 amide bonds. The molecule has 0 saturated carbocycles. The number of benzene rings is 2. The third-order valence-electron chi connectivity index (χ3n) is 3.48. The number of hydrogen-bond donors (Lipinski definition) is 1. The van der Waals surface area contributed by atoms with E-state index in [1.807, 2.05) is 0 Å². The molecule has 2 aromatic rings. The molecule has 0 spiro atoms. The van der Waals surface area contributed by atoms with Crippen LogP contribution in [0.1, 0.15) is 24.2 Å². The van der Waals surface area contributed by atoms with Crippen molar-refractivity contribution < 1.29 is 23.8 Å². The molecule has 1 unspecified atom stereocenters. The first-order valence-corrected chi connectivity index (χ1v) is 8.40. The summed E-state index contributed by atoms with van der Waals surface area (Å²) in [4.78, 5) is 24.0. The van der Waals surface area contributed by atoms with Crippen molar-refractivity contribution in [3.63, 3.8) is 0 Å². The second-order valence-electron chi connectivity index (χ2n) is 5.34. The highest BCUT2D eigenvalue weighted by Gasteiger charge is 2.17. The minimum atomic E-state index is -0.746. The number of halogens is 1. The fraction of sp³-hybridized carbons (Fsp3) is 0.263. The first kappa shape index (κ1) is 19.6. The molecule has 0 radical (unpaired) electrons. The molecule has 0 aromatic heterocycles. The molecule has 2 aromatic carbocycles. The zero-order chi connectivity index (χ0) is 19.1. The van der Waals surface area contributed by atoms with Crippen molar-refractivity contribution in [3.8, 4) is 11.5 Å². The number of hydrogen-bond acceptors (Lipinski definition) is 5. The van der Waals surface area contributed by atoms with E-state index in [0.717, 1.165) is 0 Å². The molecular weight excluding hydrogens is 358 g/mol. The van der Waals surface area contributed by atoms with E-state index in [2.05, 4.69) is 5.32 Å². The standard InChI is InChI=1S/C19H20ClNO5/c1-4-25-19(23)13-5-10-17(16(20)11-13)21-18(22)12(2)26-15-8-6-14(24-3)7-9-15/h5-12H,4H2,1-3H3,(H,21,22). The highest BCUT2D eigenvalue weighted by Crippen LogP contribution is 2.24. The minimum Gasteiger partial charge on any atom is -0.497 e. The van der Waals surface area contributed by atoms with Gasteiger partial charge in [0.1, 0.15) is 11.5 Å². The average Bonchev–Trinajstić information content (AvgIpc) is 2.64. The molecule has 0 saturated heterocycles. The number of carbonyl (C=O) groups is 2. The van der Waals surface area contributed by atoms with E-state index in [0.29, 0.717) is 22.7 Å². The molecule has 7 heteroatoms. The van der Waals surface area contributed by atoms with Crippen molar-refractivity contribution in [2.45, 2.75) is 20.0 Å². The topological polar surface area (TPSA) is 73.9 Å². The Balaban J connectivity index is 2.00. The van der Waals surface area contributed by atoms with Gasteiger partial charge in [0.25, 0.3) is 5.91 Å². The summed E-state index contributed by atoms with van der Waals surface area (Å²) < 4.78 is 15.6. The number of methoxy groups -OCH3 is 1. The fourth-order valence-electron chi connectivity index (χ4n) is 2.10. The Kier molecular flexibility index (Phi) is 6.86. The predicted molar refractivity (Wildman–Crippen MR) is 99.1 cm³/mol. The summed E-state index contributed by atoms with van der Waals surface area (Å²) in [5, 5.41) is 2.91. The highest BCUT2D eigenvalue weighted by molar-refractivity contribution is 6.34. The van der Waals surface area contributed by atoms with E-state index >= 15 is 0 Å². The Morgan fingerprint density at radius 2 is 1.77 bits per heavy atom. The summed E-state index contributed by atoms with van der Waals surface area (Å²) in [5.41, 5.74) is 0.701. The molecule has 6 nitrogen and oxygen atoms in total. The molecule has 0 heterocycles. The van der Waals surface area contributed by atoms with Gasteiger partial charge >= 0.3 is 5.97 Å². The van der Waals surface area contributed by atoms with Crippen LogP contribution in [-0.4, -0.2) is 31.7 Å². The number of anilines is 1. The fourth-order valence-corrected chi connectivity index (χ4v) is 2.33. The van der Waals surface area contributed by atoms with Crippen molar-refractivity contribution in [1.82, 2.24) is 0 Å². The van der Waals surface area contributed by atoms with Gasteiger partial charge in [-0.25, -0.2) is 4.79 Å². The maximum Gasteiger partial charge on any atom is 0.338 e. The summed E-state index contributed by atoms with van der Waals surface area (Å²) in [5.74, 6) is 0.398. The van der Waals surface area contributed by atoms with Crippen molar-refractivity contribution in [2.75, 3.05) is 19.0 Å². The Labute approximate surface area is 157 Å². The monoisotopic (exact) mass is 377 g/mol. The van der Waals surface area contributed by atoms with Crippen LogP contribution in [0.4, 0.5) is 5.69 Å². The number of esters is 1. The lowest BCUT2D eigenvalue weighted by Crippen LogP contribution is -2.30. The smallest absolute Gasteiger partial charge is 0.338 e. The van der Waals surface area contributed by atoms with Gasteiger partial charge in [-0.05, 0) is 56.3 Å². The van der Waals surface area contributed by atoms with E-state index in [4.69, 9.17) is 25.8 Å². The number of amides is 1. The van der Waals surface area contributed by atoms with E-state index in [-0.39, 0.29) is 17.5 Å². The van der Waals surface area contributed by atoms with Gasteiger partial charge in [-0.3, -0.25) is 4.79 Å². The van der Waals surface area contributed by atoms with Crippen molar-refractivity contribution in [1.29, 1.82) is 0 Å². The van der Waals surface area contributed by atoms with Gasteiger partial charge in [0, 0.05) is 0 Å². The quantitative estimate of drug-likeness (QED) is 0.740. The Morgan fingerprint density at radius 3 is 2.35 bits per heavy atom. The maximum atomic E-state index is 12.3. The number of rotatable bonds is 7. The van der Waals surface area contributed by atoms with Gasteiger partial charge < -0.3 is 19.5 Å². The van der Waals surface area contributed by atoms with Gasteiger partial charge in [0.2, 0.25) is 0 Å². The molecule has 0 aliphatic rings. The zero-order valence-corrected chi connectivity index (χ0v) is 15.5. The molecule has 1 N–H and O–H groups in total. The van der Waals surface area contributed by atoms with Crippen LogP contribution >= 0.6 is 11.6 Å². The molecular formula is C19H20ClNO5. The van der Waals surface area contributed by atoms with E-state index in [9.17, 15) is 9.59 Å². The summed E-state index contributed by atoms with van der Waals surface area (Å²) in [6.07, 6.45) is -0.746. The second kappa shape index (κ2) is 9.10. The highest BCUT2D eigenvalue weighted by atomic mass is 35.5.